The highest BCUT2D eigenvalue weighted by Crippen LogP contribution is 2.18. The minimum absolute atomic E-state index is 0.00179. The summed E-state index contributed by atoms with van der Waals surface area (Å²) < 4.78 is 10.2. The van der Waals surface area contributed by atoms with Gasteiger partial charge in [-0.05, 0) is 12.5 Å². The third-order valence-corrected chi connectivity index (χ3v) is 4.72. The number of hydrogen-bond donors (Lipinski definition) is 3. The molecule has 2 amide bonds. The maximum Gasteiger partial charge on any atom is 0.358 e. The molecule has 0 bridgehead atoms. The van der Waals surface area contributed by atoms with E-state index in [4.69, 9.17) is 9.47 Å². The van der Waals surface area contributed by atoms with Crippen molar-refractivity contribution in [1.29, 1.82) is 0 Å². The van der Waals surface area contributed by atoms with E-state index < -0.39 is 18.0 Å². The van der Waals surface area contributed by atoms with Crippen molar-refractivity contribution in [2.24, 2.45) is 0 Å². The quantitative estimate of drug-likeness (QED) is 0.564. The van der Waals surface area contributed by atoms with Gasteiger partial charge in [-0.2, -0.15) is 0 Å². The van der Waals surface area contributed by atoms with Crippen LogP contribution < -0.4 is 16.0 Å². The number of amides is 2. The fourth-order valence-corrected chi connectivity index (χ4v) is 3.18. The number of urea groups is 1. The summed E-state index contributed by atoms with van der Waals surface area (Å²) in [5.74, 6) is -1.23. The maximum absolute atomic E-state index is 12.3. The molecule has 152 valence electrons. The number of thiazole rings is 1. The maximum atomic E-state index is 12.3. The van der Waals surface area contributed by atoms with Gasteiger partial charge in [-0.1, -0.05) is 30.3 Å². The molecular formula is C19H20N4O5S. The summed E-state index contributed by atoms with van der Waals surface area (Å²) in [7, 11) is 0. The first-order valence-electron chi connectivity index (χ1n) is 8.91. The van der Waals surface area contributed by atoms with Gasteiger partial charge in [0, 0.05) is 11.9 Å². The van der Waals surface area contributed by atoms with Crippen molar-refractivity contribution in [2.75, 3.05) is 25.1 Å². The first-order chi connectivity index (χ1) is 14.1. The molecule has 1 aromatic carbocycles. The van der Waals surface area contributed by atoms with Crippen molar-refractivity contribution >= 4 is 34.4 Å². The Kier molecular flexibility index (Phi) is 6.80. The summed E-state index contributed by atoms with van der Waals surface area (Å²) in [6, 6.07) is 9.32. The summed E-state index contributed by atoms with van der Waals surface area (Å²) >= 11 is 1.28. The van der Waals surface area contributed by atoms with E-state index in [1.54, 1.807) is 12.3 Å². The number of anilines is 1. The lowest BCUT2D eigenvalue weighted by Crippen LogP contribution is -2.45. The monoisotopic (exact) mass is 416 g/mol. The van der Waals surface area contributed by atoms with Gasteiger partial charge in [-0.15, -0.1) is 11.3 Å². The molecule has 0 fully saturated rings. The Labute approximate surface area is 171 Å². The molecule has 1 aliphatic rings. The molecule has 1 aliphatic heterocycles. The predicted molar refractivity (Wildman–Crippen MR) is 106 cm³/mol. The van der Waals surface area contributed by atoms with Gasteiger partial charge in [0.2, 0.25) is 0 Å². The van der Waals surface area contributed by atoms with Crippen LogP contribution >= 0.6 is 11.3 Å². The Morgan fingerprint density at radius 3 is 2.76 bits per heavy atom. The number of ether oxygens (including phenoxy) is 2. The highest BCUT2D eigenvalue weighted by atomic mass is 32.1. The molecule has 0 saturated heterocycles. The topological polar surface area (TPSA) is 119 Å². The van der Waals surface area contributed by atoms with Gasteiger partial charge in [0.1, 0.15) is 6.61 Å². The second-order valence-electron chi connectivity index (χ2n) is 5.94. The van der Waals surface area contributed by atoms with Crippen molar-refractivity contribution < 1.29 is 23.9 Å². The van der Waals surface area contributed by atoms with Gasteiger partial charge in [0.05, 0.1) is 24.4 Å². The van der Waals surface area contributed by atoms with E-state index in [-0.39, 0.29) is 36.7 Å². The second-order valence-corrected chi connectivity index (χ2v) is 6.80. The first-order valence-corrected chi connectivity index (χ1v) is 9.79. The Morgan fingerprint density at radius 1 is 1.21 bits per heavy atom. The summed E-state index contributed by atoms with van der Waals surface area (Å²) in [6.45, 7) is 2.18. The van der Waals surface area contributed by atoms with E-state index in [1.165, 1.54) is 11.3 Å². The molecule has 2 aromatic rings. The molecule has 0 radical (unpaired) electrons. The van der Waals surface area contributed by atoms with E-state index in [1.807, 2.05) is 30.3 Å². The largest absolute Gasteiger partial charge is 0.463 e. The Balaban J connectivity index is 1.59. The van der Waals surface area contributed by atoms with E-state index in [0.717, 1.165) is 5.56 Å². The van der Waals surface area contributed by atoms with Gasteiger partial charge < -0.3 is 25.4 Å². The molecule has 10 heteroatoms. The van der Waals surface area contributed by atoms with Crippen LogP contribution in [0.4, 0.5) is 9.93 Å². The Morgan fingerprint density at radius 2 is 2.00 bits per heavy atom. The molecule has 2 heterocycles. The van der Waals surface area contributed by atoms with Crippen molar-refractivity contribution in [3.8, 4) is 0 Å². The molecule has 0 spiro atoms. The highest BCUT2D eigenvalue weighted by molar-refractivity contribution is 7.13. The summed E-state index contributed by atoms with van der Waals surface area (Å²) in [4.78, 5) is 40.0. The Bertz CT molecular complexity index is 926. The zero-order chi connectivity index (χ0) is 20.6. The van der Waals surface area contributed by atoms with Crippen LogP contribution in [-0.2, 0) is 20.8 Å². The van der Waals surface area contributed by atoms with Crippen molar-refractivity contribution in [2.45, 2.75) is 13.5 Å². The summed E-state index contributed by atoms with van der Waals surface area (Å²) in [6.07, 6.45) is 0. The SMILES string of the molecule is CCOC(=O)C1=C(COC(=O)c2csc(NCc3ccccc3)n2)NC(=O)NC1. The number of carbonyl (C=O) groups excluding carboxylic acids is 3. The highest BCUT2D eigenvalue weighted by Gasteiger charge is 2.25. The van der Waals surface area contributed by atoms with Crippen LogP contribution in [0.2, 0.25) is 0 Å². The third kappa shape index (κ3) is 5.55. The average Bonchev–Trinajstić information content (AvgIpc) is 3.20. The van der Waals surface area contributed by atoms with Crippen molar-refractivity contribution in [3.05, 3.63) is 58.2 Å². The van der Waals surface area contributed by atoms with Crippen molar-refractivity contribution in [3.63, 3.8) is 0 Å². The average molecular weight is 416 g/mol. The smallest absolute Gasteiger partial charge is 0.358 e. The molecule has 0 atom stereocenters. The molecule has 0 saturated carbocycles. The van der Waals surface area contributed by atoms with Crippen LogP contribution in [0.5, 0.6) is 0 Å². The third-order valence-electron chi connectivity index (χ3n) is 3.92. The van der Waals surface area contributed by atoms with Crippen molar-refractivity contribution in [1.82, 2.24) is 15.6 Å². The number of esters is 2. The van der Waals surface area contributed by atoms with Crippen LogP contribution in [0.1, 0.15) is 23.0 Å². The lowest BCUT2D eigenvalue weighted by Gasteiger charge is -2.20. The molecule has 29 heavy (non-hydrogen) atoms. The normalized spacial score (nSPS) is 13.3. The summed E-state index contributed by atoms with van der Waals surface area (Å²) in [5.41, 5.74) is 1.64. The standard InChI is InChI=1S/C19H20N4O5S/c1-2-27-16(24)13-9-20-18(26)22-14(13)10-28-17(25)15-11-29-19(23-15)21-8-12-6-4-3-5-7-12/h3-7,11H,2,8-10H2,1H3,(H,21,23)(H2,20,22,26). The fourth-order valence-electron chi connectivity index (χ4n) is 2.50. The molecule has 3 N–H and O–H groups in total. The molecule has 9 nitrogen and oxygen atoms in total. The van der Waals surface area contributed by atoms with Crippen LogP contribution in [0.3, 0.4) is 0 Å². The van der Waals surface area contributed by atoms with Gasteiger partial charge in [-0.25, -0.2) is 19.4 Å². The lowest BCUT2D eigenvalue weighted by atomic mass is 10.2. The predicted octanol–water partition coefficient (Wildman–Crippen LogP) is 2.04. The lowest BCUT2D eigenvalue weighted by molar-refractivity contribution is -0.138. The number of nitrogens with one attached hydrogen (secondary N) is 3. The number of rotatable bonds is 8. The minimum Gasteiger partial charge on any atom is -0.463 e. The van der Waals surface area contributed by atoms with Crippen LogP contribution in [0.25, 0.3) is 0 Å². The first kappa shape index (κ1) is 20.3. The Hall–Kier alpha value is -3.40. The number of aromatic nitrogens is 1. The fraction of sp³-hybridized carbons (Fsp3) is 0.263. The number of carbonyl (C=O) groups is 3. The zero-order valence-electron chi connectivity index (χ0n) is 15.7. The number of hydrogen-bond acceptors (Lipinski definition) is 8. The second kappa shape index (κ2) is 9.69. The number of benzene rings is 1. The summed E-state index contributed by atoms with van der Waals surface area (Å²) in [5, 5.41) is 10.3. The van der Waals surface area contributed by atoms with Gasteiger partial charge in [0.15, 0.2) is 10.8 Å². The van der Waals surface area contributed by atoms with E-state index in [9.17, 15) is 14.4 Å². The van der Waals surface area contributed by atoms with Gasteiger partial charge in [-0.3, -0.25) is 0 Å². The molecular weight excluding hydrogens is 396 g/mol. The van der Waals surface area contributed by atoms with E-state index >= 15 is 0 Å². The van der Waals surface area contributed by atoms with Crippen LogP contribution in [0.15, 0.2) is 47.0 Å². The molecule has 1 aromatic heterocycles. The van der Waals surface area contributed by atoms with Crippen LogP contribution in [-0.4, -0.2) is 42.7 Å². The molecule has 0 unspecified atom stereocenters. The van der Waals surface area contributed by atoms with Gasteiger partial charge >= 0.3 is 18.0 Å². The number of nitrogens with zero attached hydrogens (tertiary/aromatic N) is 1. The molecule has 0 aliphatic carbocycles. The van der Waals surface area contributed by atoms with E-state index in [0.29, 0.717) is 11.7 Å². The zero-order valence-corrected chi connectivity index (χ0v) is 16.5. The van der Waals surface area contributed by atoms with Crippen LogP contribution in [0, 0.1) is 0 Å². The minimum atomic E-state index is -0.655. The van der Waals surface area contributed by atoms with Gasteiger partial charge in [0.25, 0.3) is 0 Å². The molecule has 3 rings (SSSR count). The van der Waals surface area contributed by atoms with E-state index in [2.05, 4.69) is 20.9 Å².